The summed E-state index contributed by atoms with van der Waals surface area (Å²) in [5, 5.41) is 6.15. The van der Waals surface area contributed by atoms with Crippen LogP contribution >= 0.6 is 0 Å². The molecule has 5 heteroatoms. The van der Waals surface area contributed by atoms with Gasteiger partial charge < -0.3 is 15.0 Å². The van der Waals surface area contributed by atoms with Crippen molar-refractivity contribution >= 4 is 17.5 Å². The first-order valence-corrected chi connectivity index (χ1v) is 7.67. The average Bonchev–Trinajstić information content (AvgIpc) is 2.48. The molecule has 1 saturated heterocycles. The maximum absolute atomic E-state index is 11.3. The first-order chi connectivity index (χ1) is 10.2. The zero-order chi connectivity index (χ0) is 15.1. The SMILES string of the molecule is CCOC(=O)Nc1ccc(NCC2CCCCN2C)cc1. The summed E-state index contributed by atoms with van der Waals surface area (Å²) in [6, 6.07) is 8.32. The molecule has 116 valence electrons. The topological polar surface area (TPSA) is 53.6 Å². The third-order valence-corrected chi connectivity index (χ3v) is 3.87. The first-order valence-electron chi connectivity index (χ1n) is 7.67. The van der Waals surface area contributed by atoms with Crippen LogP contribution in [0.2, 0.25) is 0 Å². The van der Waals surface area contributed by atoms with E-state index in [0.29, 0.717) is 12.6 Å². The lowest BCUT2D eigenvalue weighted by Crippen LogP contribution is -2.40. The van der Waals surface area contributed by atoms with Crippen LogP contribution in [0.25, 0.3) is 0 Å². The van der Waals surface area contributed by atoms with Gasteiger partial charge in [0.2, 0.25) is 0 Å². The lowest BCUT2D eigenvalue weighted by atomic mass is 10.0. The standard InChI is InChI=1S/C16H25N3O2/c1-3-21-16(20)18-14-9-7-13(8-10-14)17-12-15-6-4-5-11-19(15)2/h7-10,15,17H,3-6,11-12H2,1-2H3,(H,18,20). The van der Waals surface area contributed by atoms with Gasteiger partial charge >= 0.3 is 6.09 Å². The molecule has 0 bridgehead atoms. The van der Waals surface area contributed by atoms with Gasteiger partial charge in [-0.05, 0) is 57.6 Å². The number of hydrogen-bond donors (Lipinski definition) is 2. The number of nitrogens with one attached hydrogen (secondary N) is 2. The molecule has 1 fully saturated rings. The van der Waals surface area contributed by atoms with Crippen molar-refractivity contribution in [2.75, 3.05) is 37.4 Å². The number of carbonyl (C=O) groups is 1. The molecule has 0 aliphatic carbocycles. The van der Waals surface area contributed by atoms with Crippen molar-refractivity contribution in [2.45, 2.75) is 32.2 Å². The minimum atomic E-state index is -0.415. The van der Waals surface area contributed by atoms with Gasteiger partial charge in [-0.3, -0.25) is 5.32 Å². The molecule has 1 amide bonds. The summed E-state index contributed by atoms with van der Waals surface area (Å²) >= 11 is 0. The van der Waals surface area contributed by atoms with E-state index in [9.17, 15) is 4.79 Å². The predicted octanol–water partition coefficient (Wildman–Crippen LogP) is 3.15. The number of likely N-dealkylation sites (tertiary alicyclic amines) is 1. The van der Waals surface area contributed by atoms with Gasteiger partial charge in [0.15, 0.2) is 0 Å². The molecule has 1 aliphatic heterocycles. The fourth-order valence-electron chi connectivity index (χ4n) is 2.59. The lowest BCUT2D eigenvalue weighted by Gasteiger charge is -2.32. The number of ether oxygens (including phenoxy) is 1. The average molecular weight is 291 g/mol. The minimum absolute atomic E-state index is 0.375. The summed E-state index contributed by atoms with van der Waals surface area (Å²) in [6.45, 7) is 4.31. The van der Waals surface area contributed by atoms with E-state index < -0.39 is 6.09 Å². The highest BCUT2D eigenvalue weighted by atomic mass is 16.5. The summed E-state index contributed by atoms with van der Waals surface area (Å²) in [6.07, 6.45) is 3.47. The Morgan fingerprint density at radius 2 is 2.00 bits per heavy atom. The molecule has 0 saturated carbocycles. The van der Waals surface area contributed by atoms with Gasteiger partial charge in [-0.15, -0.1) is 0 Å². The normalized spacial score (nSPS) is 19.0. The Morgan fingerprint density at radius 3 is 2.67 bits per heavy atom. The second-order valence-corrected chi connectivity index (χ2v) is 5.43. The largest absolute Gasteiger partial charge is 0.450 e. The Balaban J connectivity index is 1.80. The number of likely N-dealkylation sites (N-methyl/N-ethyl adjacent to an activating group) is 1. The molecule has 1 atom stereocenters. The monoisotopic (exact) mass is 291 g/mol. The fourth-order valence-corrected chi connectivity index (χ4v) is 2.59. The first kappa shape index (κ1) is 15.6. The number of piperidine rings is 1. The van der Waals surface area contributed by atoms with Gasteiger partial charge in [0, 0.05) is 24.0 Å². The Morgan fingerprint density at radius 1 is 1.29 bits per heavy atom. The van der Waals surface area contributed by atoms with Crippen LogP contribution in [-0.4, -0.2) is 43.8 Å². The van der Waals surface area contributed by atoms with Crippen LogP contribution in [0.5, 0.6) is 0 Å². The summed E-state index contributed by atoms with van der Waals surface area (Å²) < 4.78 is 4.84. The molecule has 2 N–H and O–H groups in total. The van der Waals surface area contributed by atoms with Crippen molar-refractivity contribution < 1.29 is 9.53 Å². The Labute approximate surface area is 126 Å². The zero-order valence-electron chi connectivity index (χ0n) is 12.9. The number of anilines is 2. The highest BCUT2D eigenvalue weighted by molar-refractivity contribution is 5.84. The van der Waals surface area contributed by atoms with Crippen molar-refractivity contribution in [1.82, 2.24) is 4.90 Å². The van der Waals surface area contributed by atoms with E-state index in [1.807, 2.05) is 24.3 Å². The molecule has 1 heterocycles. The number of carbonyl (C=O) groups excluding carboxylic acids is 1. The number of hydrogen-bond acceptors (Lipinski definition) is 4. The van der Waals surface area contributed by atoms with Gasteiger partial charge in [0.05, 0.1) is 6.61 Å². The summed E-state index contributed by atoms with van der Waals surface area (Å²) in [5.41, 5.74) is 1.82. The smallest absolute Gasteiger partial charge is 0.411 e. The van der Waals surface area contributed by atoms with Crippen LogP contribution in [0.3, 0.4) is 0 Å². The maximum Gasteiger partial charge on any atom is 0.411 e. The van der Waals surface area contributed by atoms with Crippen molar-refractivity contribution in [2.24, 2.45) is 0 Å². The van der Waals surface area contributed by atoms with Crippen LogP contribution in [0.15, 0.2) is 24.3 Å². The molecular formula is C16H25N3O2. The summed E-state index contributed by atoms with van der Waals surface area (Å²) in [7, 11) is 2.19. The fraction of sp³-hybridized carbons (Fsp3) is 0.562. The van der Waals surface area contributed by atoms with Crippen molar-refractivity contribution in [1.29, 1.82) is 0 Å². The molecule has 2 rings (SSSR count). The van der Waals surface area contributed by atoms with Gasteiger partial charge in [-0.2, -0.15) is 0 Å². The maximum atomic E-state index is 11.3. The molecule has 1 unspecified atom stereocenters. The Bertz CT molecular complexity index is 447. The molecule has 5 nitrogen and oxygen atoms in total. The second kappa shape index (κ2) is 7.88. The molecule has 0 aromatic heterocycles. The summed E-state index contributed by atoms with van der Waals surface area (Å²) in [4.78, 5) is 13.7. The Kier molecular flexibility index (Phi) is 5.87. The van der Waals surface area contributed by atoms with E-state index in [1.54, 1.807) is 6.92 Å². The van der Waals surface area contributed by atoms with Crippen molar-refractivity contribution in [3.05, 3.63) is 24.3 Å². The van der Waals surface area contributed by atoms with Crippen molar-refractivity contribution in [3.8, 4) is 0 Å². The van der Waals surface area contributed by atoms with E-state index in [2.05, 4.69) is 22.6 Å². The van der Waals surface area contributed by atoms with E-state index >= 15 is 0 Å². The molecule has 1 aromatic rings. The third-order valence-electron chi connectivity index (χ3n) is 3.87. The van der Waals surface area contributed by atoms with Gasteiger partial charge in [-0.25, -0.2) is 4.79 Å². The Hall–Kier alpha value is -1.75. The summed E-state index contributed by atoms with van der Waals surface area (Å²) in [5.74, 6) is 0. The highest BCUT2D eigenvalue weighted by Gasteiger charge is 2.18. The van der Waals surface area contributed by atoms with E-state index in [-0.39, 0.29) is 0 Å². The van der Waals surface area contributed by atoms with Crippen LogP contribution in [0, 0.1) is 0 Å². The number of amides is 1. The molecular weight excluding hydrogens is 266 g/mol. The molecule has 1 aliphatic rings. The van der Waals surface area contributed by atoms with Gasteiger partial charge in [0.1, 0.15) is 0 Å². The van der Waals surface area contributed by atoms with E-state index in [0.717, 1.165) is 17.9 Å². The number of nitrogens with zero attached hydrogens (tertiary/aromatic N) is 1. The number of rotatable bonds is 5. The minimum Gasteiger partial charge on any atom is -0.450 e. The third kappa shape index (κ3) is 4.93. The van der Waals surface area contributed by atoms with Crippen molar-refractivity contribution in [3.63, 3.8) is 0 Å². The van der Waals surface area contributed by atoms with Crippen LogP contribution in [-0.2, 0) is 4.74 Å². The predicted molar refractivity (Wildman–Crippen MR) is 85.8 cm³/mol. The molecule has 1 aromatic carbocycles. The molecule has 0 spiro atoms. The van der Waals surface area contributed by atoms with Crippen LogP contribution in [0.4, 0.5) is 16.2 Å². The second-order valence-electron chi connectivity index (χ2n) is 5.43. The quantitative estimate of drug-likeness (QED) is 0.875. The number of benzene rings is 1. The van der Waals surface area contributed by atoms with Crippen LogP contribution < -0.4 is 10.6 Å². The van der Waals surface area contributed by atoms with Gasteiger partial charge in [-0.1, -0.05) is 6.42 Å². The van der Waals surface area contributed by atoms with E-state index in [4.69, 9.17) is 4.74 Å². The molecule has 0 radical (unpaired) electrons. The lowest BCUT2D eigenvalue weighted by molar-refractivity contribution is 0.168. The highest BCUT2D eigenvalue weighted by Crippen LogP contribution is 2.17. The van der Waals surface area contributed by atoms with Gasteiger partial charge in [0.25, 0.3) is 0 Å². The van der Waals surface area contributed by atoms with Crippen LogP contribution in [0.1, 0.15) is 26.2 Å². The molecule has 21 heavy (non-hydrogen) atoms. The van der Waals surface area contributed by atoms with E-state index in [1.165, 1.54) is 25.8 Å². The zero-order valence-corrected chi connectivity index (χ0v) is 12.9.